The summed E-state index contributed by atoms with van der Waals surface area (Å²) in [6.07, 6.45) is 7.77. The molecule has 0 heterocycles. The average Bonchev–Trinajstić information content (AvgIpc) is 3.09. The monoisotopic (exact) mass is 449 g/mol. The predicted molar refractivity (Wildman–Crippen MR) is 132 cm³/mol. The Balaban J connectivity index is 1.66. The summed E-state index contributed by atoms with van der Waals surface area (Å²) < 4.78 is 0. The Hall–Kier alpha value is -1.91. The number of nitrogens with zero attached hydrogens (tertiary/aromatic N) is 1. The van der Waals surface area contributed by atoms with Crippen LogP contribution in [-0.2, 0) is 4.79 Å². The number of aliphatic hydroxyl groups is 2. The van der Waals surface area contributed by atoms with Crippen LogP contribution >= 0.6 is 0 Å². The summed E-state index contributed by atoms with van der Waals surface area (Å²) in [5.41, 5.74) is 5.34. The van der Waals surface area contributed by atoms with Crippen molar-refractivity contribution < 1.29 is 15.0 Å². The Kier molecular flexibility index (Phi) is 5.61. The van der Waals surface area contributed by atoms with Gasteiger partial charge < -0.3 is 15.1 Å². The lowest BCUT2D eigenvalue weighted by atomic mass is 9.50. The van der Waals surface area contributed by atoms with Crippen LogP contribution in [-0.4, -0.2) is 41.8 Å². The molecule has 0 aromatic heterocycles. The smallest absolute Gasteiger partial charge is 0.156 e. The standard InChI is InChI=1S/C29H39NO3/c1-5-26(32)29(33)15-14-25-23-12-8-19-16-21(31)11-13-22(19)27(23)24(17-28(25,29)2)18-6-9-20(10-7-18)30(3)4/h6-7,9-10,16,23-26,32-33H,5,8,11-15,17H2,1-4H3/t23?,24-,25?,26?,28+,29+/m1/s1. The lowest BCUT2D eigenvalue weighted by molar-refractivity contribution is -0.160. The van der Waals surface area contributed by atoms with E-state index in [1.54, 1.807) is 0 Å². The van der Waals surface area contributed by atoms with Gasteiger partial charge >= 0.3 is 0 Å². The third kappa shape index (κ3) is 3.36. The second kappa shape index (κ2) is 8.09. The normalized spacial score (nSPS) is 36.6. The van der Waals surface area contributed by atoms with E-state index < -0.39 is 11.7 Å². The lowest BCUT2D eigenvalue weighted by Gasteiger charge is -2.55. The van der Waals surface area contributed by atoms with Crippen molar-refractivity contribution in [3.8, 4) is 0 Å². The van der Waals surface area contributed by atoms with E-state index in [1.165, 1.54) is 28.0 Å². The second-order valence-corrected chi connectivity index (χ2v) is 11.4. The highest BCUT2D eigenvalue weighted by Gasteiger charge is 2.64. The van der Waals surface area contributed by atoms with E-state index in [1.807, 2.05) is 13.0 Å². The SMILES string of the molecule is CCC(O)[C@@]1(O)CCC2C3CCC4=CC(=O)CCC4=C3[C@@H](c3ccc(N(C)C)cc3)C[C@@]21C. The van der Waals surface area contributed by atoms with E-state index in [-0.39, 0.29) is 17.1 Å². The van der Waals surface area contributed by atoms with Crippen molar-refractivity contribution in [2.75, 3.05) is 19.0 Å². The number of rotatable bonds is 4. The van der Waals surface area contributed by atoms with Crippen molar-refractivity contribution in [3.63, 3.8) is 0 Å². The number of anilines is 1. The Labute approximate surface area is 198 Å². The number of hydrogen-bond acceptors (Lipinski definition) is 4. The van der Waals surface area contributed by atoms with E-state index in [4.69, 9.17) is 0 Å². The molecule has 0 radical (unpaired) electrons. The van der Waals surface area contributed by atoms with Crippen LogP contribution in [0.5, 0.6) is 0 Å². The van der Waals surface area contributed by atoms with E-state index in [9.17, 15) is 15.0 Å². The van der Waals surface area contributed by atoms with Crippen LogP contribution in [0.15, 0.2) is 47.1 Å². The highest BCUT2D eigenvalue weighted by Crippen LogP contribution is 2.67. The molecule has 0 saturated heterocycles. The van der Waals surface area contributed by atoms with Gasteiger partial charge in [0.25, 0.3) is 0 Å². The van der Waals surface area contributed by atoms with Crippen LogP contribution in [0.3, 0.4) is 0 Å². The number of hydrogen-bond donors (Lipinski definition) is 2. The van der Waals surface area contributed by atoms with Crippen LogP contribution < -0.4 is 4.90 Å². The zero-order chi connectivity index (χ0) is 23.5. The van der Waals surface area contributed by atoms with Gasteiger partial charge in [-0.05, 0) is 91.7 Å². The minimum Gasteiger partial charge on any atom is -0.390 e. The van der Waals surface area contributed by atoms with Crippen LogP contribution in [0.2, 0.25) is 0 Å². The predicted octanol–water partition coefficient (Wildman–Crippen LogP) is 5.15. The molecule has 4 aliphatic carbocycles. The number of fused-ring (bicyclic) bond motifs is 4. The van der Waals surface area contributed by atoms with E-state index >= 15 is 0 Å². The van der Waals surface area contributed by atoms with Gasteiger partial charge in [0.2, 0.25) is 0 Å². The highest BCUT2D eigenvalue weighted by molar-refractivity contribution is 5.93. The number of aliphatic hydroxyl groups excluding tert-OH is 1. The van der Waals surface area contributed by atoms with Crippen molar-refractivity contribution in [3.05, 3.63) is 52.6 Å². The van der Waals surface area contributed by atoms with Crippen molar-refractivity contribution in [2.24, 2.45) is 17.3 Å². The van der Waals surface area contributed by atoms with Crippen LogP contribution in [0, 0.1) is 17.3 Å². The largest absolute Gasteiger partial charge is 0.390 e. The molecule has 0 spiro atoms. The van der Waals surface area contributed by atoms with Crippen molar-refractivity contribution in [1.82, 2.24) is 0 Å². The Morgan fingerprint density at radius 1 is 1.12 bits per heavy atom. The number of allylic oxidation sites excluding steroid dienone is 4. The molecular weight excluding hydrogens is 410 g/mol. The summed E-state index contributed by atoms with van der Waals surface area (Å²) in [5.74, 6) is 1.28. The summed E-state index contributed by atoms with van der Waals surface area (Å²) in [7, 11) is 4.12. The first-order valence-electron chi connectivity index (χ1n) is 12.8. The van der Waals surface area contributed by atoms with Gasteiger partial charge in [-0.15, -0.1) is 0 Å². The Bertz CT molecular complexity index is 1010. The highest BCUT2D eigenvalue weighted by atomic mass is 16.3. The van der Waals surface area contributed by atoms with Crippen LogP contribution in [0.1, 0.15) is 76.7 Å². The second-order valence-electron chi connectivity index (χ2n) is 11.4. The molecule has 2 saturated carbocycles. The van der Waals surface area contributed by atoms with Gasteiger partial charge in [-0.2, -0.15) is 0 Å². The molecule has 2 fully saturated rings. The first-order valence-corrected chi connectivity index (χ1v) is 12.8. The molecule has 3 unspecified atom stereocenters. The number of benzene rings is 1. The Morgan fingerprint density at radius 2 is 1.85 bits per heavy atom. The fraction of sp³-hybridized carbons (Fsp3) is 0.621. The fourth-order valence-electron chi connectivity index (χ4n) is 7.89. The van der Waals surface area contributed by atoms with Gasteiger partial charge in [0.15, 0.2) is 5.78 Å². The number of carbonyl (C=O) groups excluding carboxylic acids is 1. The first kappa shape index (κ1) is 22.9. The van der Waals surface area contributed by atoms with Gasteiger partial charge in [-0.1, -0.05) is 31.6 Å². The lowest BCUT2D eigenvalue weighted by Crippen LogP contribution is -2.57. The van der Waals surface area contributed by atoms with Gasteiger partial charge in [0.1, 0.15) is 0 Å². The first-order chi connectivity index (χ1) is 15.7. The molecule has 6 atom stereocenters. The maximum Gasteiger partial charge on any atom is 0.156 e. The van der Waals surface area contributed by atoms with Gasteiger partial charge in [0.05, 0.1) is 11.7 Å². The molecule has 0 amide bonds. The molecule has 0 bridgehead atoms. The molecule has 178 valence electrons. The third-order valence-corrected chi connectivity index (χ3v) is 9.70. The van der Waals surface area contributed by atoms with Gasteiger partial charge in [-0.25, -0.2) is 0 Å². The summed E-state index contributed by atoms with van der Waals surface area (Å²) in [6.45, 7) is 4.23. The van der Waals surface area contributed by atoms with Crippen molar-refractivity contribution in [1.29, 1.82) is 0 Å². The molecule has 33 heavy (non-hydrogen) atoms. The quantitative estimate of drug-likeness (QED) is 0.667. The zero-order valence-corrected chi connectivity index (χ0v) is 20.6. The average molecular weight is 450 g/mol. The maximum absolute atomic E-state index is 12.2. The Morgan fingerprint density at radius 3 is 2.52 bits per heavy atom. The molecule has 4 aliphatic rings. The molecule has 4 nitrogen and oxygen atoms in total. The number of carbonyl (C=O) groups is 1. The fourth-order valence-corrected chi connectivity index (χ4v) is 7.89. The summed E-state index contributed by atoms with van der Waals surface area (Å²) in [5, 5.41) is 22.9. The molecule has 1 aromatic rings. The van der Waals surface area contributed by atoms with Crippen molar-refractivity contribution >= 4 is 11.5 Å². The molecular formula is C29H39NO3. The molecule has 5 rings (SSSR count). The summed E-state index contributed by atoms with van der Waals surface area (Å²) >= 11 is 0. The third-order valence-electron chi connectivity index (χ3n) is 9.70. The van der Waals surface area contributed by atoms with Crippen LogP contribution in [0.4, 0.5) is 5.69 Å². The minimum absolute atomic E-state index is 0.216. The topological polar surface area (TPSA) is 60.8 Å². The van der Waals surface area contributed by atoms with Crippen LogP contribution in [0.25, 0.3) is 0 Å². The summed E-state index contributed by atoms with van der Waals surface area (Å²) in [6, 6.07) is 8.89. The zero-order valence-electron chi connectivity index (χ0n) is 20.6. The number of ketones is 1. The van der Waals surface area contributed by atoms with E-state index in [2.05, 4.69) is 50.2 Å². The van der Waals surface area contributed by atoms with E-state index in [0.717, 1.165) is 32.1 Å². The van der Waals surface area contributed by atoms with Gasteiger partial charge in [0, 0.05) is 37.5 Å². The molecule has 4 heteroatoms. The molecule has 0 aliphatic heterocycles. The van der Waals surface area contributed by atoms with Gasteiger partial charge in [-0.3, -0.25) is 4.79 Å². The molecule has 2 N–H and O–H groups in total. The minimum atomic E-state index is -1.04. The van der Waals surface area contributed by atoms with Crippen molar-refractivity contribution in [2.45, 2.75) is 82.8 Å². The molecule has 1 aromatic carbocycles. The van der Waals surface area contributed by atoms with E-state index in [0.29, 0.717) is 31.1 Å². The summed E-state index contributed by atoms with van der Waals surface area (Å²) in [4.78, 5) is 14.3. The maximum atomic E-state index is 12.2.